The average molecular weight is 249 g/mol. The molecule has 2 fully saturated rings. The van der Waals surface area contributed by atoms with Crippen LogP contribution in [-0.4, -0.2) is 35.5 Å². The highest BCUT2D eigenvalue weighted by Crippen LogP contribution is 2.36. The van der Waals surface area contributed by atoms with E-state index in [1.807, 2.05) is 6.20 Å². The summed E-state index contributed by atoms with van der Waals surface area (Å²) in [5.41, 5.74) is 6.44. The van der Waals surface area contributed by atoms with Crippen LogP contribution in [0, 0.1) is 5.41 Å². The van der Waals surface area contributed by atoms with E-state index in [-0.39, 0.29) is 5.41 Å². The standard InChI is InChI=1S/C13H23N5/c1-13(5-2-3-11(13)14)9-16-12-4-6-17-18(12)10-7-15-8-10/h4,6,10-11,15-16H,2-3,5,7-9,14H2,1H3. The van der Waals surface area contributed by atoms with Crippen LogP contribution in [-0.2, 0) is 0 Å². The van der Waals surface area contributed by atoms with Crippen molar-refractivity contribution in [1.29, 1.82) is 0 Å². The Morgan fingerprint density at radius 1 is 1.61 bits per heavy atom. The molecule has 1 aromatic rings. The molecule has 0 bridgehead atoms. The van der Waals surface area contributed by atoms with E-state index < -0.39 is 0 Å². The number of anilines is 1. The van der Waals surface area contributed by atoms with Crippen molar-refractivity contribution in [2.45, 2.75) is 38.3 Å². The summed E-state index contributed by atoms with van der Waals surface area (Å²) in [6, 6.07) is 2.89. The Labute approximate surface area is 108 Å². The monoisotopic (exact) mass is 249 g/mol. The van der Waals surface area contributed by atoms with Crippen LogP contribution in [0.5, 0.6) is 0 Å². The van der Waals surface area contributed by atoms with Crippen LogP contribution in [0.1, 0.15) is 32.2 Å². The minimum atomic E-state index is 0.229. The van der Waals surface area contributed by atoms with Gasteiger partial charge in [-0.1, -0.05) is 13.3 Å². The summed E-state index contributed by atoms with van der Waals surface area (Å²) in [5, 5.41) is 11.2. The zero-order valence-electron chi connectivity index (χ0n) is 11.0. The molecule has 1 aliphatic heterocycles. The van der Waals surface area contributed by atoms with Crippen LogP contribution in [0.4, 0.5) is 5.82 Å². The van der Waals surface area contributed by atoms with Crippen LogP contribution >= 0.6 is 0 Å². The van der Waals surface area contributed by atoms with Gasteiger partial charge in [0.15, 0.2) is 0 Å². The Morgan fingerprint density at radius 2 is 2.44 bits per heavy atom. The van der Waals surface area contributed by atoms with Crippen molar-refractivity contribution < 1.29 is 0 Å². The molecule has 0 amide bonds. The topological polar surface area (TPSA) is 67.9 Å². The molecule has 1 saturated carbocycles. The first-order valence-corrected chi connectivity index (χ1v) is 6.93. The molecule has 0 radical (unpaired) electrons. The molecule has 3 rings (SSSR count). The van der Waals surface area contributed by atoms with Gasteiger partial charge in [-0.2, -0.15) is 5.10 Å². The van der Waals surface area contributed by atoms with Crippen LogP contribution in [0.3, 0.4) is 0 Å². The van der Waals surface area contributed by atoms with E-state index in [0.717, 1.165) is 31.9 Å². The quantitative estimate of drug-likeness (QED) is 0.743. The Morgan fingerprint density at radius 3 is 3.06 bits per heavy atom. The van der Waals surface area contributed by atoms with Crippen LogP contribution in [0.2, 0.25) is 0 Å². The highest BCUT2D eigenvalue weighted by molar-refractivity contribution is 5.35. The molecule has 2 unspecified atom stereocenters. The molecule has 0 spiro atoms. The highest BCUT2D eigenvalue weighted by atomic mass is 15.4. The number of rotatable bonds is 4. The Kier molecular flexibility index (Phi) is 3.03. The van der Waals surface area contributed by atoms with E-state index >= 15 is 0 Å². The van der Waals surface area contributed by atoms with Crippen molar-refractivity contribution in [3.05, 3.63) is 12.3 Å². The van der Waals surface area contributed by atoms with Crippen LogP contribution < -0.4 is 16.4 Å². The lowest BCUT2D eigenvalue weighted by atomic mass is 9.85. The molecule has 0 aromatic carbocycles. The second kappa shape index (κ2) is 4.55. The summed E-state index contributed by atoms with van der Waals surface area (Å²) in [5.74, 6) is 1.13. The second-order valence-corrected chi connectivity index (χ2v) is 5.98. The lowest BCUT2D eigenvalue weighted by Crippen LogP contribution is -2.44. The van der Waals surface area contributed by atoms with E-state index in [2.05, 4.69) is 33.4 Å². The van der Waals surface area contributed by atoms with Crippen molar-refractivity contribution in [2.24, 2.45) is 11.1 Å². The van der Waals surface area contributed by atoms with Crippen molar-refractivity contribution in [2.75, 3.05) is 25.0 Å². The third-order valence-corrected chi connectivity index (χ3v) is 4.61. The first-order valence-electron chi connectivity index (χ1n) is 6.93. The minimum Gasteiger partial charge on any atom is -0.370 e. The van der Waals surface area contributed by atoms with Gasteiger partial charge in [0.1, 0.15) is 5.82 Å². The number of nitrogens with one attached hydrogen (secondary N) is 2. The summed E-state index contributed by atoms with van der Waals surface area (Å²) >= 11 is 0. The van der Waals surface area contributed by atoms with Gasteiger partial charge >= 0.3 is 0 Å². The first kappa shape index (κ1) is 12.0. The third kappa shape index (κ3) is 2.01. The van der Waals surface area contributed by atoms with E-state index in [1.165, 1.54) is 12.8 Å². The van der Waals surface area contributed by atoms with E-state index in [4.69, 9.17) is 5.73 Å². The molecule has 18 heavy (non-hydrogen) atoms. The van der Waals surface area contributed by atoms with E-state index in [9.17, 15) is 0 Å². The normalized spacial score (nSPS) is 32.4. The summed E-state index contributed by atoms with van der Waals surface area (Å²) < 4.78 is 2.10. The summed E-state index contributed by atoms with van der Waals surface area (Å²) in [7, 11) is 0. The van der Waals surface area contributed by atoms with E-state index in [0.29, 0.717) is 12.1 Å². The summed E-state index contributed by atoms with van der Waals surface area (Å²) in [6.45, 7) is 5.28. The molecule has 1 aromatic heterocycles. The predicted molar refractivity (Wildman–Crippen MR) is 72.6 cm³/mol. The SMILES string of the molecule is CC1(CNc2ccnn2C2CNC2)CCCC1N. The van der Waals surface area contributed by atoms with Crippen molar-refractivity contribution >= 4 is 5.82 Å². The Bertz CT molecular complexity index is 411. The van der Waals surface area contributed by atoms with Gasteiger partial charge in [0, 0.05) is 31.7 Å². The molecule has 4 N–H and O–H groups in total. The molecule has 100 valence electrons. The molecular formula is C13H23N5. The molecule has 2 atom stereocenters. The maximum atomic E-state index is 6.22. The van der Waals surface area contributed by atoms with Crippen molar-refractivity contribution in [3.63, 3.8) is 0 Å². The third-order valence-electron chi connectivity index (χ3n) is 4.61. The van der Waals surface area contributed by atoms with Gasteiger partial charge in [0.2, 0.25) is 0 Å². The first-order chi connectivity index (χ1) is 8.69. The molecule has 1 saturated heterocycles. The maximum absolute atomic E-state index is 6.22. The number of hydrogen-bond donors (Lipinski definition) is 3. The lowest BCUT2D eigenvalue weighted by molar-refractivity contribution is 0.306. The van der Waals surface area contributed by atoms with Crippen molar-refractivity contribution in [3.8, 4) is 0 Å². The molecule has 1 aliphatic carbocycles. The second-order valence-electron chi connectivity index (χ2n) is 5.98. The largest absolute Gasteiger partial charge is 0.370 e. The van der Waals surface area contributed by atoms with Crippen LogP contribution in [0.15, 0.2) is 12.3 Å². The molecule has 5 heteroatoms. The van der Waals surface area contributed by atoms with E-state index in [1.54, 1.807) is 0 Å². The Balaban J connectivity index is 1.64. The van der Waals surface area contributed by atoms with Gasteiger partial charge in [-0.3, -0.25) is 0 Å². The summed E-state index contributed by atoms with van der Waals surface area (Å²) in [6.07, 6.45) is 5.51. The number of nitrogens with two attached hydrogens (primary N) is 1. The number of aromatic nitrogens is 2. The average Bonchev–Trinajstić information content (AvgIpc) is 2.84. The van der Waals surface area contributed by atoms with Crippen molar-refractivity contribution in [1.82, 2.24) is 15.1 Å². The highest BCUT2D eigenvalue weighted by Gasteiger charge is 2.36. The lowest BCUT2D eigenvalue weighted by Gasteiger charge is -2.32. The molecule has 5 nitrogen and oxygen atoms in total. The number of hydrogen-bond acceptors (Lipinski definition) is 4. The summed E-state index contributed by atoms with van der Waals surface area (Å²) in [4.78, 5) is 0. The zero-order valence-corrected chi connectivity index (χ0v) is 11.0. The Hall–Kier alpha value is -1.07. The maximum Gasteiger partial charge on any atom is 0.124 e. The molecule has 2 heterocycles. The zero-order chi connectivity index (χ0) is 12.6. The van der Waals surface area contributed by atoms with Gasteiger partial charge < -0.3 is 16.4 Å². The predicted octanol–water partition coefficient (Wildman–Crippen LogP) is 0.957. The van der Waals surface area contributed by atoms with Crippen LogP contribution in [0.25, 0.3) is 0 Å². The number of nitrogens with zero attached hydrogens (tertiary/aromatic N) is 2. The van der Waals surface area contributed by atoms with Gasteiger partial charge in [0.05, 0.1) is 12.2 Å². The molecule has 2 aliphatic rings. The van der Waals surface area contributed by atoms with Gasteiger partial charge in [-0.05, 0) is 18.3 Å². The fourth-order valence-electron chi connectivity index (χ4n) is 2.96. The fourth-order valence-corrected chi connectivity index (χ4v) is 2.96. The van der Waals surface area contributed by atoms with Gasteiger partial charge in [-0.15, -0.1) is 0 Å². The van der Waals surface area contributed by atoms with Gasteiger partial charge in [-0.25, -0.2) is 4.68 Å². The minimum absolute atomic E-state index is 0.229. The van der Waals surface area contributed by atoms with Gasteiger partial charge in [0.25, 0.3) is 0 Å². The smallest absolute Gasteiger partial charge is 0.124 e. The molecular weight excluding hydrogens is 226 g/mol. The fraction of sp³-hybridized carbons (Fsp3) is 0.769.